The summed E-state index contributed by atoms with van der Waals surface area (Å²) in [6.45, 7) is 0. The van der Waals surface area contributed by atoms with E-state index < -0.39 is 24.2 Å². The first-order valence-electron chi connectivity index (χ1n) is 10.1. The molecule has 1 aliphatic rings. The van der Waals surface area contributed by atoms with Crippen molar-refractivity contribution in [2.45, 2.75) is 12.8 Å². The van der Waals surface area contributed by atoms with Gasteiger partial charge in [-0.1, -0.05) is 12.0 Å². The molecule has 1 fully saturated rings. The first kappa shape index (κ1) is 19.9. The Hall–Kier alpha value is -4.06. The summed E-state index contributed by atoms with van der Waals surface area (Å²) >= 11 is 0. The smallest absolute Gasteiger partial charge is 0.242 e. The lowest BCUT2D eigenvalue weighted by atomic mass is 10.1. The molecule has 2 N–H and O–H groups in total. The number of hydrogen-bond acceptors (Lipinski definition) is 5. The molecular weight excluding hydrogens is 414 g/mol. The van der Waals surface area contributed by atoms with Gasteiger partial charge in [0.05, 0.1) is 11.1 Å². The highest BCUT2D eigenvalue weighted by Crippen LogP contribution is 2.43. The second kappa shape index (κ2) is 7.89. The highest BCUT2D eigenvalue weighted by atomic mass is 19.3. The fourth-order valence-corrected chi connectivity index (χ4v) is 3.65. The van der Waals surface area contributed by atoms with E-state index in [1.165, 1.54) is 0 Å². The normalized spacial score (nSPS) is 17.2. The Morgan fingerprint density at radius 1 is 1.19 bits per heavy atom. The zero-order valence-electron chi connectivity index (χ0n) is 17.0. The number of alkyl halides is 2. The van der Waals surface area contributed by atoms with Crippen LogP contribution in [0.5, 0.6) is 0 Å². The van der Waals surface area contributed by atoms with Gasteiger partial charge in [0.15, 0.2) is 0 Å². The maximum Gasteiger partial charge on any atom is 0.242 e. The molecule has 160 valence electrons. The van der Waals surface area contributed by atoms with Gasteiger partial charge < -0.3 is 10.6 Å². The fourth-order valence-electron chi connectivity index (χ4n) is 3.65. The van der Waals surface area contributed by atoms with Gasteiger partial charge in [-0.3, -0.25) is 4.79 Å². The largest absolute Gasteiger partial charge is 0.373 e. The molecule has 0 spiro atoms. The molecule has 4 aromatic rings. The number of nitrogens with zero attached hydrogens (tertiary/aromatic N) is 4. The summed E-state index contributed by atoms with van der Waals surface area (Å²) in [4.78, 5) is 20.9. The minimum atomic E-state index is -2.49. The van der Waals surface area contributed by atoms with Gasteiger partial charge in [0.25, 0.3) is 0 Å². The van der Waals surface area contributed by atoms with Crippen LogP contribution < -0.4 is 10.6 Å². The Labute approximate surface area is 181 Å². The zero-order valence-corrected chi connectivity index (χ0v) is 17.0. The van der Waals surface area contributed by atoms with Crippen LogP contribution in [0.4, 0.5) is 20.4 Å². The molecule has 0 aliphatic heterocycles. The van der Waals surface area contributed by atoms with E-state index in [4.69, 9.17) is 0 Å². The first-order chi connectivity index (χ1) is 15.5. The lowest BCUT2D eigenvalue weighted by Gasteiger charge is -2.09. The molecule has 1 aliphatic carbocycles. The van der Waals surface area contributed by atoms with Crippen molar-refractivity contribution in [3.8, 4) is 11.8 Å². The van der Waals surface area contributed by atoms with Crippen molar-refractivity contribution in [1.82, 2.24) is 19.6 Å². The van der Waals surface area contributed by atoms with E-state index in [0.717, 1.165) is 16.3 Å². The van der Waals surface area contributed by atoms with Crippen LogP contribution in [-0.2, 0) is 4.79 Å². The van der Waals surface area contributed by atoms with E-state index in [1.807, 2.05) is 30.5 Å². The van der Waals surface area contributed by atoms with Crippen molar-refractivity contribution < 1.29 is 13.6 Å². The lowest BCUT2D eigenvalue weighted by molar-refractivity contribution is -0.118. The standard InChI is InChI=1S/C23H18F2N6O/c1-26-22-19-12-27-20(29-23(32)18-9-17(18)21(24)25)10-16(19)13(11-28-22)5-6-14-8-15-4-2-3-7-31(15)30-14/h2-4,7-8,10-12,17-18,21H,9H2,1H3,(H,26,28)(H,27,29,32)/t17-,18+/m0/s1. The number of anilines is 2. The molecular formula is C23H18F2N6O. The monoisotopic (exact) mass is 432 g/mol. The summed E-state index contributed by atoms with van der Waals surface area (Å²) in [5.74, 6) is 5.06. The van der Waals surface area contributed by atoms with E-state index in [2.05, 4.69) is 37.5 Å². The molecule has 1 saturated carbocycles. The predicted molar refractivity (Wildman–Crippen MR) is 116 cm³/mol. The molecule has 0 radical (unpaired) electrons. The van der Waals surface area contributed by atoms with Gasteiger partial charge in [-0.2, -0.15) is 5.10 Å². The van der Waals surface area contributed by atoms with Crippen molar-refractivity contribution in [3.05, 3.63) is 60.2 Å². The van der Waals surface area contributed by atoms with Gasteiger partial charge in [0, 0.05) is 48.2 Å². The third-order valence-electron chi connectivity index (χ3n) is 5.46. The summed E-state index contributed by atoms with van der Waals surface area (Å²) in [5, 5.41) is 11.5. The Morgan fingerprint density at radius 3 is 2.81 bits per heavy atom. The maximum atomic E-state index is 12.8. The third-order valence-corrected chi connectivity index (χ3v) is 5.46. The van der Waals surface area contributed by atoms with Crippen molar-refractivity contribution in [2.75, 3.05) is 17.7 Å². The van der Waals surface area contributed by atoms with Crippen LogP contribution in [0.1, 0.15) is 17.7 Å². The molecule has 0 bridgehead atoms. The van der Waals surface area contributed by atoms with Gasteiger partial charge in [-0.25, -0.2) is 23.3 Å². The average molecular weight is 432 g/mol. The minimum absolute atomic E-state index is 0.195. The predicted octanol–water partition coefficient (Wildman–Crippen LogP) is 3.56. The molecule has 7 nitrogen and oxygen atoms in total. The zero-order chi connectivity index (χ0) is 22.2. The summed E-state index contributed by atoms with van der Waals surface area (Å²) < 4.78 is 27.3. The SMILES string of the molecule is CNc1ncc(C#Cc2cc3ccccn3n2)c2cc(NC(=O)[C@@H]3C[C@@H]3C(F)F)ncc12. The van der Waals surface area contributed by atoms with Gasteiger partial charge in [0.2, 0.25) is 12.3 Å². The molecule has 1 amide bonds. The lowest BCUT2D eigenvalue weighted by Crippen LogP contribution is -2.17. The third kappa shape index (κ3) is 3.71. The molecule has 2 atom stereocenters. The molecule has 4 heterocycles. The van der Waals surface area contributed by atoms with Crippen LogP contribution in [0.15, 0.2) is 48.9 Å². The first-order valence-corrected chi connectivity index (χ1v) is 10.1. The summed E-state index contributed by atoms with van der Waals surface area (Å²) in [5.41, 5.74) is 2.17. The average Bonchev–Trinajstić information content (AvgIpc) is 3.50. The second-order valence-electron chi connectivity index (χ2n) is 7.57. The second-order valence-corrected chi connectivity index (χ2v) is 7.57. The van der Waals surface area contributed by atoms with E-state index in [1.54, 1.807) is 30.0 Å². The number of aromatic nitrogens is 4. The number of pyridine rings is 3. The summed E-state index contributed by atoms with van der Waals surface area (Å²) in [6, 6.07) is 9.32. The van der Waals surface area contributed by atoms with Crippen molar-refractivity contribution in [2.24, 2.45) is 11.8 Å². The van der Waals surface area contributed by atoms with E-state index in [9.17, 15) is 13.6 Å². The number of rotatable bonds is 4. The number of amides is 1. The maximum absolute atomic E-state index is 12.8. The number of halogens is 2. The Balaban J connectivity index is 1.48. The molecule has 5 rings (SSSR count). The van der Waals surface area contributed by atoms with E-state index in [0.29, 0.717) is 17.1 Å². The van der Waals surface area contributed by atoms with Gasteiger partial charge >= 0.3 is 0 Å². The molecule has 9 heteroatoms. The van der Waals surface area contributed by atoms with E-state index >= 15 is 0 Å². The highest BCUT2D eigenvalue weighted by molar-refractivity contribution is 5.99. The molecule has 4 aromatic heterocycles. The molecule has 0 aromatic carbocycles. The minimum Gasteiger partial charge on any atom is -0.373 e. The number of carbonyl (C=O) groups is 1. The van der Waals surface area contributed by atoms with Crippen LogP contribution in [0.25, 0.3) is 16.3 Å². The number of carbonyl (C=O) groups excluding carboxylic acids is 1. The molecule has 32 heavy (non-hydrogen) atoms. The van der Waals surface area contributed by atoms with Gasteiger partial charge in [-0.15, -0.1) is 0 Å². The van der Waals surface area contributed by atoms with Crippen molar-refractivity contribution in [1.29, 1.82) is 0 Å². The Morgan fingerprint density at radius 2 is 2.06 bits per heavy atom. The van der Waals surface area contributed by atoms with E-state index in [-0.39, 0.29) is 12.2 Å². The summed E-state index contributed by atoms with van der Waals surface area (Å²) in [6.07, 6.45) is 2.77. The fraction of sp³-hybridized carbons (Fsp3) is 0.217. The topological polar surface area (TPSA) is 84.2 Å². The summed E-state index contributed by atoms with van der Waals surface area (Å²) in [7, 11) is 1.75. The van der Waals surface area contributed by atoms with Crippen molar-refractivity contribution >= 4 is 33.8 Å². The Bertz CT molecular complexity index is 1370. The van der Waals surface area contributed by atoms with Gasteiger partial charge in [-0.05, 0) is 36.6 Å². The van der Waals surface area contributed by atoms with Crippen LogP contribution in [0, 0.1) is 23.7 Å². The quantitative estimate of drug-likeness (QED) is 0.482. The Kier molecular flexibility index (Phi) is 4.90. The number of fused-ring (bicyclic) bond motifs is 2. The highest BCUT2D eigenvalue weighted by Gasteiger charge is 2.48. The van der Waals surface area contributed by atoms with Crippen molar-refractivity contribution in [3.63, 3.8) is 0 Å². The molecule has 0 unspecified atom stereocenters. The number of hydrogen-bond donors (Lipinski definition) is 2. The van der Waals surface area contributed by atoms with Crippen LogP contribution in [0.3, 0.4) is 0 Å². The van der Waals surface area contributed by atoms with Crippen LogP contribution in [0.2, 0.25) is 0 Å². The molecule has 0 saturated heterocycles. The van der Waals surface area contributed by atoms with Crippen LogP contribution >= 0.6 is 0 Å². The number of nitrogens with one attached hydrogen (secondary N) is 2. The van der Waals surface area contributed by atoms with Crippen LogP contribution in [-0.4, -0.2) is 39.0 Å². The van der Waals surface area contributed by atoms with Gasteiger partial charge in [0.1, 0.15) is 17.3 Å².